The van der Waals surface area contributed by atoms with E-state index in [2.05, 4.69) is 20.9 Å². The Labute approximate surface area is 117 Å². The molecule has 1 aliphatic rings. The maximum absolute atomic E-state index is 10.00. The zero-order chi connectivity index (χ0) is 13.9. The standard InChI is InChI=1S/C15H17N3O2/c1-20-13-4-2-3-11(7-13)14-8-12(19)10-18(14)15-9-16-5-6-17-15/h2-7,9,12,14,19H,8,10H2,1H3. The number of ether oxygens (including phenoxy) is 1. The van der Waals surface area contributed by atoms with Gasteiger partial charge in [0.25, 0.3) is 0 Å². The lowest BCUT2D eigenvalue weighted by Crippen LogP contribution is -2.25. The molecule has 1 aromatic heterocycles. The molecule has 2 heterocycles. The van der Waals surface area contributed by atoms with Crippen LogP contribution in [0, 0.1) is 0 Å². The lowest BCUT2D eigenvalue weighted by molar-refractivity contribution is 0.194. The maximum Gasteiger partial charge on any atom is 0.147 e. The predicted molar refractivity (Wildman–Crippen MR) is 75.7 cm³/mol. The number of aromatic nitrogens is 2. The second kappa shape index (κ2) is 5.46. The summed E-state index contributed by atoms with van der Waals surface area (Å²) in [5, 5.41) is 10.00. The number of anilines is 1. The predicted octanol–water partition coefficient (Wildman–Crippen LogP) is 1.80. The Morgan fingerprint density at radius 3 is 3.00 bits per heavy atom. The van der Waals surface area contributed by atoms with Crippen LogP contribution in [0.25, 0.3) is 0 Å². The summed E-state index contributed by atoms with van der Waals surface area (Å²) in [6.07, 6.45) is 5.38. The SMILES string of the molecule is COc1cccc(C2CC(O)CN2c2cnccn2)c1. The molecule has 0 spiro atoms. The van der Waals surface area contributed by atoms with Gasteiger partial charge in [0.1, 0.15) is 11.6 Å². The fraction of sp³-hybridized carbons (Fsp3) is 0.333. The molecule has 104 valence electrons. The van der Waals surface area contributed by atoms with Crippen molar-refractivity contribution in [3.8, 4) is 5.75 Å². The van der Waals surface area contributed by atoms with Gasteiger partial charge >= 0.3 is 0 Å². The van der Waals surface area contributed by atoms with E-state index in [-0.39, 0.29) is 12.1 Å². The van der Waals surface area contributed by atoms with Crippen molar-refractivity contribution in [1.29, 1.82) is 0 Å². The summed E-state index contributed by atoms with van der Waals surface area (Å²) in [6.45, 7) is 0.570. The van der Waals surface area contributed by atoms with Crippen LogP contribution < -0.4 is 9.64 Å². The quantitative estimate of drug-likeness (QED) is 0.922. The Morgan fingerprint density at radius 1 is 1.35 bits per heavy atom. The van der Waals surface area contributed by atoms with Crippen molar-refractivity contribution in [3.63, 3.8) is 0 Å². The molecule has 0 saturated carbocycles. The largest absolute Gasteiger partial charge is 0.497 e. The highest BCUT2D eigenvalue weighted by molar-refractivity contribution is 5.44. The molecule has 1 fully saturated rings. The van der Waals surface area contributed by atoms with E-state index in [1.54, 1.807) is 25.7 Å². The van der Waals surface area contributed by atoms with Gasteiger partial charge in [-0.1, -0.05) is 12.1 Å². The summed E-state index contributed by atoms with van der Waals surface area (Å²) >= 11 is 0. The van der Waals surface area contributed by atoms with Gasteiger partial charge in [0.2, 0.25) is 0 Å². The van der Waals surface area contributed by atoms with Crippen LogP contribution in [0.3, 0.4) is 0 Å². The molecule has 1 aromatic carbocycles. The number of aliphatic hydroxyl groups excluding tert-OH is 1. The Morgan fingerprint density at radius 2 is 2.25 bits per heavy atom. The highest BCUT2D eigenvalue weighted by atomic mass is 16.5. The van der Waals surface area contributed by atoms with Gasteiger partial charge in [0.15, 0.2) is 0 Å². The molecule has 1 aliphatic heterocycles. The van der Waals surface area contributed by atoms with Crippen LogP contribution in [-0.4, -0.2) is 34.8 Å². The lowest BCUT2D eigenvalue weighted by Gasteiger charge is -2.25. The van der Waals surface area contributed by atoms with Gasteiger partial charge in [-0.2, -0.15) is 0 Å². The van der Waals surface area contributed by atoms with E-state index in [0.717, 1.165) is 17.1 Å². The number of hydrogen-bond donors (Lipinski definition) is 1. The van der Waals surface area contributed by atoms with E-state index < -0.39 is 0 Å². The van der Waals surface area contributed by atoms with Crippen LogP contribution in [0.1, 0.15) is 18.0 Å². The van der Waals surface area contributed by atoms with Crippen molar-refractivity contribution in [2.45, 2.75) is 18.6 Å². The number of methoxy groups -OCH3 is 1. The zero-order valence-corrected chi connectivity index (χ0v) is 11.3. The lowest BCUT2D eigenvalue weighted by atomic mass is 10.0. The van der Waals surface area contributed by atoms with Gasteiger partial charge in [0, 0.05) is 18.9 Å². The molecular weight excluding hydrogens is 254 g/mol. The van der Waals surface area contributed by atoms with Gasteiger partial charge in [0.05, 0.1) is 25.5 Å². The third-order valence-corrected chi connectivity index (χ3v) is 3.60. The van der Waals surface area contributed by atoms with Gasteiger partial charge < -0.3 is 14.7 Å². The number of hydrogen-bond acceptors (Lipinski definition) is 5. The fourth-order valence-corrected chi connectivity index (χ4v) is 2.67. The Balaban J connectivity index is 1.94. The van der Waals surface area contributed by atoms with Crippen LogP contribution in [0.4, 0.5) is 5.82 Å². The third kappa shape index (κ3) is 2.44. The Bertz CT molecular complexity index is 576. The maximum atomic E-state index is 10.00. The summed E-state index contributed by atoms with van der Waals surface area (Å²) < 4.78 is 5.27. The first kappa shape index (κ1) is 12.9. The van der Waals surface area contributed by atoms with Gasteiger partial charge in [-0.3, -0.25) is 4.98 Å². The van der Waals surface area contributed by atoms with Crippen molar-refractivity contribution < 1.29 is 9.84 Å². The summed E-state index contributed by atoms with van der Waals surface area (Å²) in [5.74, 6) is 1.61. The van der Waals surface area contributed by atoms with Gasteiger partial charge in [-0.15, -0.1) is 0 Å². The van der Waals surface area contributed by atoms with Crippen molar-refractivity contribution in [3.05, 3.63) is 48.4 Å². The van der Waals surface area contributed by atoms with Crippen molar-refractivity contribution in [1.82, 2.24) is 9.97 Å². The zero-order valence-electron chi connectivity index (χ0n) is 11.3. The topological polar surface area (TPSA) is 58.5 Å². The molecule has 0 bridgehead atoms. The molecular formula is C15H17N3O2. The van der Waals surface area contributed by atoms with Crippen molar-refractivity contribution >= 4 is 5.82 Å². The van der Waals surface area contributed by atoms with Crippen LogP contribution in [0.2, 0.25) is 0 Å². The summed E-state index contributed by atoms with van der Waals surface area (Å²) in [6, 6.07) is 8.03. The highest BCUT2D eigenvalue weighted by Gasteiger charge is 2.33. The molecule has 1 saturated heterocycles. The van der Waals surface area contributed by atoms with Gasteiger partial charge in [-0.25, -0.2) is 4.98 Å². The van der Waals surface area contributed by atoms with E-state index in [0.29, 0.717) is 13.0 Å². The minimum atomic E-state index is -0.354. The monoisotopic (exact) mass is 271 g/mol. The van der Waals surface area contributed by atoms with Crippen LogP contribution >= 0.6 is 0 Å². The minimum Gasteiger partial charge on any atom is -0.497 e. The Kier molecular flexibility index (Phi) is 3.52. The number of rotatable bonds is 3. The fourth-order valence-electron chi connectivity index (χ4n) is 2.67. The average molecular weight is 271 g/mol. The normalized spacial score (nSPS) is 22.0. The molecule has 0 radical (unpaired) electrons. The molecule has 5 heteroatoms. The van der Waals surface area contributed by atoms with E-state index in [1.165, 1.54) is 0 Å². The molecule has 1 N–H and O–H groups in total. The number of nitrogens with zero attached hydrogens (tertiary/aromatic N) is 3. The molecule has 0 amide bonds. The highest BCUT2D eigenvalue weighted by Crippen LogP contribution is 2.36. The number of benzene rings is 1. The first-order chi connectivity index (χ1) is 9.78. The molecule has 3 rings (SSSR count). The summed E-state index contributed by atoms with van der Waals surface area (Å²) in [4.78, 5) is 10.5. The third-order valence-electron chi connectivity index (χ3n) is 3.60. The second-order valence-electron chi connectivity index (χ2n) is 4.90. The van der Waals surface area contributed by atoms with Crippen molar-refractivity contribution in [2.75, 3.05) is 18.6 Å². The van der Waals surface area contributed by atoms with Crippen LogP contribution in [-0.2, 0) is 0 Å². The second-order valence-corrected chi connectivity index (χ2v) is 4.90. The van der Waals surface area contributed by atoms with E-state index in [1.807, 2.05) is 18.2 Å². The smallest absolute Gasteiger partial charge is 0.147 e. The van der Waals surface area contributed by atoms with Gasteiger partial charge in [-0.05, 0) is 24.1 Å². The Hall–Kier alpha value is -2.14. The molecule has 2 atom stereocenters. The molecule has 0 aliphatic carbocycles. The first-order valence-corrected chi connectivity index (χ1v) is 6.62. The van der Waals surface area contributed by atoms with E-state index in [4.69, 9.17) is 4.74 Å². The molecule has 2 aromatic rings. The van der Waals surface area contributed by atoms with Crippen LogP contribution in [0.5, 0.6) is 5.75 Å². The number of aliphatic hydroxyl groups is 1. The minimum absolute atomic E-state index is 0.0943. The average Bonchev–Trinajstić information content (AvgIpc) is 2.90. The molecule has 5 nitrogen and oxygen atoms in total. The first-order valence-electron chi connectivity index (χ1n) is 6.62. The van der Waals surface area contributed by atoms with Crippen LogP contribution in [0.15, 0.2) is 42.9 Å². The number of β-amino-alcohol motifs (C(OH)–C–C–N with tert-alkyl or cyclic N) is 1. The summed E-state index contributed by atoms with van der Waals surface area (Å²) in [7, 11) is 1.66. The van der Waals surface area contributed by atoms with E-state index >= 15 is 0 Å². The molecule has 20 heavy (non-hydrogen) atoms. The van der Waals surface area contributed by atoms with E-state index in [9.17, 15) is 5.11 Å². The molecule has 2 unspecified atom stereocenters. The van der Waals surface area contributed by atoms with Crippen molar-refractivity contribution in [2.24, 2.45) is 0 Å². The summed E-state index contributed by atoms with van der Waals surface area (Å²) in [5.41, 5.74) is 1.12.